The van der Waals surface area contributed by atoms with Crippen LogP contribution in [0.2, 0.25) is 0 Å². The van der Waals surface area contributed by atoms with Crippen molar-refractivity contribution in [2.24, 2.45) is 0 Å². The molecule has 0 bridgehead atoms. The fraction of sp³-hybridized carbons (Fsp3) is 0.385. The molecule has 4 nitrogen and oxygen atoms in total. The Bertz CT molecular complexity index is 482. The van der Waals surface area contributed by atoms with Crippen LogP contribution in [-0.2, 0) is 11.2 Å². The van der Waals surface area contributed by atoms with Gasteiger partial charge in [-0.2, -0.15) is 0 Å². The molecule has 1 saturated heterocycles. The minimum atomic E-state index is -0.627. The van der Waals surface area contributed by atoms with Crippen molar-refractivity contribution in [3.8, 4) is 0 Å². The smallest absolute Gasteiger partial charge is 0.289 e. The third-order valence-corrected chi connectivity index (χ3v) is 4.01. The number of hydrogen-bond acceptors (Lipinski definition) is 4. The van der Waals surface area contributed by atoms with Crippen LogP contribution in [-0.4, -0.2) is 27.3 Å². The molecular formula is C13H16N2O2S. The van der Waals surface area contributed by atoms with Crippen LogP contribution >= 0.6 is 11.8 Å². The molecule has 5 heteroatoms. The Morgan fingerprint density at radius 3 is 2.33 bits per heavy atom. The number of benzene rings is 1. The topological polar surface area (TPSA) is 63.4 Å². The molecule has 2 N–H and O–H groups in total. The molecule has 1 heterocycles. The van der Waals surface area contributed by atoms with E-state index in [9.17, 15) is 9.59 Å². The molecule has 0 atom stereocenters. The number of imide groups is 1. The minimum Gasteiger partial charge on any atom is -0.399 e. The quantitative estimate of drug-likeness (QED) is 0.851. The van der Waals surface area contributed by atoms with Crippen molar-refractivity contribution in [1.29, 1.82) is 0 Å². The van der Waals surface area contributed by atoms with Crippen molar-refractivity contribution in [3.05, 3.63) is 29.8 Å². The molecular weight excluding hydrogens is 248 g/mol. The van der Waals surface area contributed by atoms with Crippen molar-refractivity contribution in [2.75, 3.05) is 12.3 Å². The molecule has 0 saturated carbocycles. The van der Waals surface area contributed by atoms with E-state index in [0.29, 0.717) is 18.7 Å². The summed E-state index contributed by atoms with van der Waals surface area (Å²) >= 11 is 1.09. The predicted octanol–water partition coefficient (Wildman–Crippen LogP) is 2.29. The first-order valence-corrected chi connectivity index (χ1v) is 6.61. The van der Waals surface area contributed by atoms with E-state index in [1.165, 1.54) is 4.90 Å². The van der Waals surface area contributed by atoms with Gasteiger partial charge in [0, 0.05) is 12.2 Å². The Morgan fingerprint density at radius 1 is 1.22 bits per heavy atom. The maximum atomic E-state index is 12.0. The van der Waals surface area contributed by atoms with Crippen molar-refractivity contribution >= 4 is 28.6 Å². The van der Waals surface area contributed by atoms with Crippen LogP contribution in [0.3, 0.4) is 0 Å². The number of nitrogens with two attached hydrogens (primary N) is 1. The molecule has 0 spiro atoms. The molecule has 1 aliphatic heterocycles. The normalized spacial score (nSPS) is 18.4. The van der Waals surface area contributed by atoms with Crippen molar-refractivity contribution in [3.63, 3.8) is 0 Å². The first kappa shape index (κ1) is 13.0. The van der Waals surface area contributed by atoms with Crippen LogP contribution in [0.4, 0.5) is 10.5 Å². The number of hydrogen-bond donors (Lipinski definition) is 1. The summed E-state index contributed by atoms with van der Waals surface area (Å²) in [6.07, 6.45) is 0.661. The molecule has 96 valence electrons. The van der Waals surface area contributed by atoms with Gasteiger partial charge in [0.1, 0.15) is 0 Å². The number of nitrogen functional groups attached to an aromatic ring is 1. The van der Waals surface area contributed by atoms with Crippen LogP contribution in [0.5, 0.6) is 0 Å². The summed E-state index contributed by atoms with van der Waals surface area (Å²) in [5.74, 6) is -0.104. The predicted molar refractivity (Wildman–Crippen MR) is 73.3 cm³/mol. The third kappa shape index (κ3) is 2.51. The third-order valence-electron chi connectivity index (χ3n) is 2.93. The molecule has 1 aliphatic rings. The lowest BCUT2D eigenvalue weighted by Gasteiger charge is -2.16. The van der Waals surface area contributed by atoms with Crippen molar-refractivity contribution < 1.29 is 9.59 Å². The standard InChI is InChI=1S/C13H16N2O2S/c1-13(2)11(16)15(12(17)18-13)8-7-9-3-5-10(14)6-4-9/h3-6H,7-8,14H2,1-2H3. The largest absolute Gasteiger partial charge is 0.399 e. The van der Waals surface area contributed by atoms with Crippen LogP contribution in [0.25, 0.3) is 0 Å². The zero-order chi connectivity index (χ0) is 13.3. The van der Waals surface area contributed by atoms with E-state index < -0.39 is 4.75 Å². The molecule has 0 aromatic heterocycles. The van der Waals surface area contributed by atoms with Crippen molar-refractivity contribution in [2.45, 2.75) is 25.0 Å². The van der Waals surface area contributed by atoms with E-state index in [4.69, 9.17) is 5.73 Å². The fourth-order valence-electron chi connectivity index (χ4n) is 1.84. The van der Waals surface area contributed by atoms with Gasteiger partial charge < -0.3 is 5.73 Å². The summed E-state index contributed by atoms with van der Waals surface area (Å²) < 4.78 is -0.627. The molecule has 1 fully saturated rings. The van der Waals surface area contributed by atoms with E-state index in [1.54, 1.807) is 13.8 Å². The van der Waals surface area contributed by atoms with Crippen LogP contribution in [0.1, 0.15) is 19.4 Å². The number of rotatable bonds is 3. The SMILES string of the molecule is CC1(C)SC(=O)N(CCc2ccc(N)cc2)C1=O. The van der Waals surface area contributed by atoms with Crippen molar-refractivity contribution in [1.82, 2.24) is 4.90 Å². The molecule has 1 aromatic carbocycles. The molecule has 0 unspecified atom stereocenters. The number of nitrogens with zero attached hydrogens (tertiary/aromatic N) is 1. The molecule has 18 heavy (non-hydrogen) atoms. The van der Waals surface area contributed by atoms with Gasteiger partial charge >= 0.3 is 0 Å². The highest BCUT2D eigenvalue weighted by atomic mass is 32.2. The lowest BCUT2D eigenvalue weighted by Crippen LogP contribution is -2.36. The average molecular weight is 264 g/mol. The molecule has 0 radical (unpaired) electrons. The Morgan fingerprint density at radius 2 is 1.83 bits per heavy atom. The van der Waals surface area contributed by atoms with Crippen LogP contribution < -0.4 is 5.73 Å². The number of anilines is 1. The van der Waals surface area contributed by atoms with Gasteiger partial charge in [-0.15, -0.1) is 0 Å². The Kier molecular flexibility index (Phi) is 3.34. The maximum Gasteiger partial charge on any atom is 0.289 e. The highest BCUT2D eigenvalue weighted by Crippen LogP contribution is 2.36. The van der Waals surface area contributed by atoms with E-state index in [1.807, 2.05) is 24.3 Å². The summed E-state index contributed by atoms with van der Waals surface area (Å²) in [7, 11) is 0. The minimum absolute atomic E-state index is 0.104. The van der Waals surface area contributed by atoms with Gasteiger partial charge in [-0.25, -0.2) is 0 Å². The van der Waals surface area contributed by atoms with E-state index in [-0.39, 0.29) is 11.1 Å². The van der Waals surface area contributed by atoms with Gasteiger partial charge in [0.15, 0.2) is 0 Å². The van der Waals surface area contributed by atoms with E-state index >= 15 is 0 Å². The van der Waals surface area contributed by atoms with Gasteiger partial charge in [-0.05, 0) is 49.7 Å². The van der Waals surface area contributed by atoms with Gasteiger partial charge in [0.2, 0.25) is 5.91 Å². The van der Waals surface area contributed by atoms with E-state index in [0.717, 1.165) is 17.3 Å². The van der Waals surface area contributed by atoms with Crippen LogP contribution in [0, 0.1) is 0 Å². The lowest BCUT2D eigenvalue weighted by molar-refractivity contribution is -0.128. The summed E-state index contributed by atoms with van der Waals surface area (Å²) in [5, 5.41) is -0.152. The summed E-state index contributed by atoms with van der Waals surface area (Å²) in [6, 6.07) is 7.47. The Labute approximate surface area is 111 Å². The number of thioether (sulfide) groups is 1. The zero-order valence-electron chi connectivity index (χ0n) is 10.5. The van der Waals surface area contributed by atoms with Gasteiger partial charge in [0.05, 0.1) is 4.75 Å². The molecule has 0 aliphatic carbocycles. The van der Waals surface area contributed by atoms with Gasteiger partial charge in [-0.1, -0.05) is 12.1 Å². The Hall–Kier alpha value is -1.49. The second-order valence-corrected chi connectivity index (χ2v) is 6.40. The van der Waals surface area contributed by atoms with Gasteiger partial charge in [-0.3, -0.25) is 14.5 Å². The van der Waals surface area contributed by atoms with E-state index in [2.05, 4.69) is 0 Å². The summed E-state index contributed by atoms with van der Waals surface area (Å²) in [4.78, 5) is 25.0. The first-order valence-electron chi connectivity index (χ1n) is 5.79. The number of carbonyl (C=O) groups is 2. The second kappa shape index (κ2) is 4.65. The molecule has 2 amide bonds. The molecule has 1 aromatic rings. The highest BCUT2D eigenvalue weighted by molar-refractivity contribution is 8.16. The van der Waals surface area contributed by atoms with Gasteiger partial charge in [0.25, 0.3) is 5.24 Å². The number of amides is 2. The highest BCUT2D eigenvalue weighted by Gasteiger charge is 2.45. The second-order valence-electron chi connectivity index (χ2n) is 4.83. The monoisotopic (exact) mass is 264 g/mol. The Balaban J connectivity index is 2.01. The zero-order valence-corrected chi connectivity index (χ0v) is 11.3. The maximum absolute atomic E-state index is 12.0. The summed E-state index contributed by atoms with van der Waals surface area (Å²) in [6.45, 7) is 3.99. The lowest BCUT2D eigenvalue weighted by atomic mass is 10.1. The molecule has 2 rings (SSSR count). The average Bonchev–Trinajstić information content (AvgIpc) is 2.49. The number of carbonyl (C=O) groups excluding carboxylic acids is 2. The fourth-order valence-corrected chi connectivity index (χ4v) is 2.76. The van der Waals surface area contributed by atoms with Crippen LogP contribution in [0.15, 0.2) is 24.3 Å². The summed E-state index contributed by atoms with van der Waals surface area (Å²) in [5.41, 5.74) is 7.38. The first-order chi connectivity index (χ1) is 8.40.